The van der Waals surface area contributed by atoms with Crippen LogP contribution in [-0.4, -0.2) is 31.1 Å². The molecule has 79 valence electrons. The number of likely N-dealkylation sites (tertiary alicyclic amines) is 1. The van der Waals surface area contributed by atoms with Crippen molar-refractivity contribution in [2.45, 2.75) is 12.8 Å². The summed E-state index contributed by atoms with van der Waals surface area (Å²) in [6.07, 6.45) is 2.71. The van der Waals surface area contributed by atoms with Gasteiger partial charge in [-0.05, 0) is 0 Å². The van der Waals surface area contributed by atoms with E-state index in [0.29, 0.717) is 0 Å². The van der Waals surface area contributed by atoms with Crippen LogP contribution < -0.4 is 5.82 Å². The zero-order valence-corrected chi connectivity index (χ0v) is 12.0. The Hall–Kier alpha value is 0.357. The minimum absolute atomic E-state index is 0.820. The molecule has 0 aromatic heterocycles. The van der Waals surface area contributed by atoms with Crippen molar-refractivity contribution in [1.29, 1.82) is 0 Å². The van der Waals surface area contributed by atoms with Crippen molar-refractivity contribution >= 4 is 1.08 Å². The molecule has 1 aromatic carbocycles. The van der Waals surface area contributed by atoms with Crippen molar-refractivity contribution in [1.82, 2.24) is 4.90 Å². The first-order valence-electron chi connectivity index (χ1n) is 5.51. The van der Waals surface area contributed by atoms with Crippen LogP contribution in [0, 0.1) is 39.6 Å². The number of nitrogens with zero attached hydrogens (tertiary/aromatic N) is 1. The van der Waals surface area contributed by atoms with Crippen molar-refractivity contribution < 1.29 is 44.4 Å². The summed E-state index contributed by atoms with van der Waals surface area (Å²) >= 11 is 1.12. The molecule has 0 saturated carbocycles. The summed E-state index contributed by atoms with van der Waals surface area (Å²) < 4.78 is 7.12. The van der Waals surface area contributed by atoms with E-state index >= 15 is 0 Å². The van der Waals surface area contributed by atoms with Gasteiger partial charge in [0.1, 0.15) is 0 Å². The van der Waals surface area contributed by atoms with Crippen LogP contribution in [0.4, 0.5) is 0 Å². The number of ether oxygens (including phenoxy) is 1. The fourth-order valence-corrected chi connectivity index (χ4v) is 2.37. The summed E-state index contributed by atoms with van der Waals surface area (Å²) in [5.41, 5.74) is 0. The van der Waals surface area contributed by atoms with E-state index in [0.717, 1.165) is 58.6 Å². The summed E-state index contributed by atoms with van der Waals surface area (Å²) in [5.74, 6) is 1.01. The molecular formula is C12H16CeNO. The Bertz CT molecular complexity index is 293. The van der Waals surface area contributed by atoms with E-state index < -0.39 is 0 Å². The van der Waals surface area contributed by atoms with E-state index in [2.05, 4.69) is 29.2 Å². The molecule has 1 aromatic rings. The van der Waals surface area contributed by atoms with Crippen LogP contribution in [0.1, 0.15) is 12.8 Å². The van der Waals surface area contributed by atoms with Gasteiger partial charge in [0.15, 0.2) is 0 Å². The molecule has 1 aliphatic rings. The Labute approximate surface area is 118 Å². The first-order valence-corrected chi connectivity index (χ1v) is 7.08. The molecule has 0 N–H and O–H groups in total. The molecular weight excluding hydrogens is 314 g/mol. The van der Waals surface area contributed by atoms with E-state index in [1.807, 2.05) is 0 Å². The second kappa shape index (κ2) is 6.18. The summed E-state index contributed by atoms with van der Waals surface area (Å²) in [5, 5.41) is 0. The van der Waals surface area contributed by atoms with Crippen LogP contribution in [0.25, 0.3) is 0 Å². The topological polar surface area (TPSA) is 12.5 Å². The van der Waals surface area contributed by atoms with Gasteiger partial charge < -0.3 is 0 Å². The van der Waals surface area contributed by atoms with E-state index in [1.165, 1.54) is 27.0 Å². The molecule has 0 spiro atoms. The molecule has 2 rings (SSSR count). The zero-order valence-electron chi connectivity index (χ0n) is 8.91. The van der Waals surface area contributed by atoms with Crippen LogP contribution in [0.3, 0.4) is 0 Å². The quantitative estimate of drug-likeness (QED) is 0.826. The third-order valence-electron chi connectivity index (χ3n) is 2.73. The standard InChI is InChI=1S/C12H16NO.Ce/c1-2-6-12(7-3-1)14-11-10-13-8-4-5-9-13;/h2-3,6-7H,4-5,8-11H2;. The first-order chi connectivity index (χ1) is 7.34. The molecule has 1 heterocycles. The monoisotopic (exact) mass is 330 g/mol. The van der Waals surface area contributed by atoms with Crippen molar-refractivity contribution in [2.75, 3.05) is 26.2 Å². The molecule has 1 aliphatic heterocycles. The van der Waals surface area contributed by atoms with E-state index in [-0.39, 0.29) is 0 Å². The van der Waals surface area contributed by atoms with Gasteiger partial charge in [-0.1, -0.05) is 0 Å². The summed E-state index contributed by atoms with van der Waals surface area (Å²) in [4.78, 5) is 2.47. The van der Waals surface area contributed by atoms with Gasteiger partial charge in [-0.25, -0.2) is 0 Å². The molecule has 0 unspecified atom stereocenters. The van der Waals surface area contributed by atoms with Gasteiger partial charge in [0.05, 0.1) is 0 Å². The fraction of sp³-hybridized carbons (Fsp3) is 0.500. The van der Waals surface area contributed by atoms with Crippen molar-refractivity contribution in [3.8, 4) is 5.75 Å². The number of hydrogen-bond donors (Lipinski definition) is 0. The fourth-order valence-electron chi connectivity index (χ4n) is 1.85. The van der Waals surface area contributed by atoms with Crippen LogP contribution in [-0.2, 0) is 0 Å². The second-order valence-electron chi connectivity index (χ2n) is 3.92. The molecule has 0 amide bonds. The molecule has 3 heteroatoms. The normalized spacial score (nSPS) is 16.7. The Morgan fingerprint density at radius 2 is 1.80 bits per heavy atom. The average Bonchev–Trinajstić information content (AvgIpc) is 2.74. The predicted molar refractivity (Wildman–Crippen MR) is 57.2 cm³/mol. The number of benzene rings is 1. The van der Waals surface area contributed by atoms with Crippen molar-refractivity contribution in [3.63, 3.8) is 0 Å². The van der Waals surface area contributed by atoms with Gasteiger partial charge in [-0.15, -0.1) is 0 Å². The molecule has 1 saturated heterocycles. The van der Waals surface area contributed by atoms with Crippen LogP contribution in [0.2, 0.25) is 0 Å². The molecule has 0 bridgehead atoms. The van der Waals surface area contributed by atoms with Gasteiger partial charge >= 0.3 is 119 Å². The Kier molecular flexibility index (Phi) is 4.87. The van der Waals surface area contributed by atoms with Gasteiger partial charge in [0, 0.05) is 0 Å². The van der Waals surface area contributed by atoms with E-state index in [1.54, 1.807) is 0 Å². The Balaban J connectivity index is 1.71. The molecule has 2 nitrogen and oxygen atoms in total. The summed E-state index contributed by atoms with van der Waals surface area (Å²) in [7, 11) is 0. The molecule has 0 radical (unpaired) electrons. The molecule has 0 atom stereocenters. The molecule has 0 aliphatic carbocycles. The van der Waals surface area contributed by atoms with E-state index in [4.69, 9.17) is 4.74 Å². The third kappa shape index (κ3) is 4.02. The SMILES string of the molecule is [Ce][c]1ccc(OCCN2CCCC2)cc1. The van der Waals surface area contributed by atoms with Gasteiger partial charge in [0.25, 0.3) is 0 Å². The summed E-state index contributed by atoms with van der Waals surface area (Å²) in [6.45, 7) is 4.40. The molecule has 1 fully saturated rings. The maximum absolute atomic E-state index is 5.70. The van der Waals surface area contributed by atoms with Crippen LogP contribution in [0.5, 0.6) is 5.75 Å². The Morgan fingerprint density at radius 3 is 2.47 bits per heavy atom. The number of hydrogen-bond acceptors (Lipinski definition) is 2. The number of rotatable bonds is 4. The maximum atomic E-state index is 5.70. The van der Waals surface area contributed by atoms with Crippen molar-refractivity contribution in [3.05, 3.63) is 24.3 Å². The zero-order chi connectivity index (χ0) is 10.5. The Morgan fingerprint density at radius 1 is 1.13 bits per heavy atom. The average molecular weight is 330 g/mol. The minimum atomic E-state index is 0.820. The first kappa shape index (κ1) is 11.8. The second-order valence-corrected chi connectivity index (χ2v) is 5.73. The van der Waals surface area contributed by atoms with Crippen LogP contribution in [0.15, 0.2) is 24.3 Å². The third-order valence-corrected chi connectivity index (χ3v) is 3.78. The van der Waals surface area contributed by atoms with Gasteiger partial charge in [-0.3, -0.25) is 0 Å². The van der Waals surface area contributed by atoms with Crippen LogP contribution >= 0.6 is 0 Å². The summed E-state index contributed by atoms with van der Waals surface area (Å²) in [6, 6.07) is 8.45. The predicted octanol–water partition coefficient (Wildman–Crippen LogP) is 1.34. The van der Waals surface area contributed by atoms with Gasteiger partial charge in [-0.2, -0.15) is 0 Å². The van der Waals surface area contributed by atoms with Gasteiger partial charge in [0.2, 0.25) is 0 Å². The van der Waals surface area contributed by atoms with E-state index in [9.17, 15) is 0 Å². The molecule has 15 heavy (non-hydrogen) atoms. The van der Waals surface area contributed by atoms with Crippen molar-refractivity contribution in [2.24, 2.45) is 0 Å².